The Bertz CT molecular complexity index is 842. The highest BCUT2D eigenvalue weighted by molar-refractivity contribution is 9.11. The summed E-state index contributed by atoms with van der Waals surface area (Å²) in [5.74, 6) is 0. The minimum atomic E-state index is -0.00405. The van der Waals surface area contributed by atoms with Gasteiger partial charge in [0.15, 0.2) is 4.77 Å². The first-order valence-corrected chi connectivity index (χ1v) is 8.49. The van der Waals surface area contributed by atoms with Crippen molar-refractivity contribution in [1.82, 2.24) is 9.55 Å². The van der Waals surface area contributed by atoms with Crippen LogP contribution in [0.25, 0.3) is 10.2 Å². The van der Waals surface area contributed by atoms with E-state index >= 15 is 0 Å². The molecule has 3 heterocycles. The molecule has 0 radical (unpaired) electrons. The number of rotatable bonds is 3. The number of nitrogens with one attached hydrogen (secondary N) is 1. The van der Waals surface area contributed by atoms with Gasteiger partial charge in [0.25, 0.3) is 5.56 Å². The molecule has 0 aliphatic carbocycles. The molecule has 1 N–H and O–H groups in total. The number of nitrogens with zero attached hydrogens (tertiary/aromatic N) is 1. The van der Waals surface area contributed by atoms with Crippen LogP contribution < -0.4 is 5.56 Å². The maximum atomic E-state index is 12.3. The molecule has 0 aliphatic rings. The van der Waals surface area contributed by atoms with Crippen molar-refractivity contribution < 1.29 is 0 Å². The van der Waals surface area contributed by atoms with E-state index in [4.69, 9.17) is 12.2 Å². The molecule has 0 fully saturated rings. The molecule has 3 aromatic rings. The van der Waals surface area contributed by atoms with Gasteiger partial charge in [-0.15, -0.1) is 22.7 Å². The molecular weight excluding hydrogens is 364 g/mol. The second-order valence-corrected chi connectivity index (χ2v) is 7.86. The third-order valence-corrected chi connectivity index (χ3v) is 5.65. The van der Waals surface area contributed by atoms with E-state index in [1.165, 1.54) is 16.2 Å². The van der Waals surface area contributed by atoms with Crippen molar-refractivity contribution in [1.29, 1.82) is 0 Å². The Morgan fingerprint density at radius 2 is 2.21 bits per heavy atom. The van der Waals surface area contributed by atoms with Gasteiger partial charge < -0.3 is 4.98 Å². The van der Waals surface area contributed by atoms with Crippen molar-refractivity contribution in [3.05, 3.63) is 47.4 Å². The zero-order chi connectivity index (χ0) is 13.4. The summed E-state index contributed by atoms with van der Waals surface area (Å²) in [6.45, 7) is 0.604. The van der Waals surface area contributed by atoms with E-state index < -0.39 is 0 Å². The molecule has 0 amide bonds. The first-order chi connectivity index (χ1) is 9.15. The van der Waals surface area contributed by atoms with Crippen molar-refractivity contribution in [2.24, 2.45) is 0 Å². The Morgan fingerprint density at radius 3 is 2.95 bits per heavy atom. The third kappa shape index (κ3) is 2.60. The van der Waals surface area contributed by atoms with Crippen LogP contribution in [0.1, 0.15) is 4.88 Å². The van der Waals surface area contributed by atoms with Gasteiger partial charge in [-0.1, -0.05) is 0 Å². The molecule has 98 valence electrons. The maximum absolute atomic E-state index is 12.3. The highest BCUT2D eigenvalue weighted by Crippen LogP contribution is 2.22. The topological polar surface area (TPSA) is 37.8 Å². The van der Waals surface area contributed by atoms with E-state index in [-0.39, 0.29) is 5.56 Å². The molecule has 3 nitrogen and oxygen atoms in total. The minimum absolute atomic E-state index is 0.00405. The van der Waals surface area contributed by atoms with Crippen molar-refractivity contribution in [2.75, 3.05) is 0 Å². The number of aromatic nitrogens is 2. The van der Waals surface area contributed by atoms with Crippen LogP contribution in [0.4, 0.5) is 0 Å². The normalized spacial score (nSPS) is 11.2. The molecule has 0 saturated carbocycles. The Labute approximate surface area is 130 Å². The number of hydrogen-bond donors (Lipinski definition) is 1. The SMILES string of the molecule is O=c1c2ccsc2[nH]c(=S)n1CCc1ccc(Br)s1. The fourth-order valence-electron chi connectivity index (χ4n) is 1.89. The number of aromatic amines is 1. The minimum Gasteiger partial charge on any atom is -0.323 e. The fourth-order valence-corrected chi connectivity index (χ4v) is 4.48. The van der Waals surface area contributed by atoms with Crippen LogP contribution >= 0.6 is 50.8 Å². The van der Waals surface area contributed by atoms with Gasteiger partial charge in [-0.25, -0.2) is 0 Å². The summed E-state index contributed by atoms with van der Waals surface area (Å²) in [5, 5.41) is 2.61. The second-order valence-electron chi connectivity index (χ2n) is 4.01. The Kier molecular flexibility index (Phi) is 3.70. The van der Waals surface area contributed by atoms with E-state index in [0.717, 1.165) is 15.0 Å². The van der Waals surface area contributed by atoms with Crippen LogP contribution in [0.2, 0.25) is 0 Å². The lowest BCUT2D eigenvalue weighted by atomic mass is 10.3. The summed E-state index contributed by atoms with van der Waals surface area (Å²) < 4.78 is 3.24. The number of aryl methyl sites for hydroxylation is 1. The van der Waals surface area contributed by atoms with Gasteiger partial charge in [-0.2, -0.15) is 0 Å². The number of halogens is 1. The number of thiophene rings is 2. The third-order valence-electron chi connectivity index (χ3n) is 2.82. The molecule has 3 rings (SSSR count). The van der Waals surface area contributed by atoms with Crippen LogP contribution in [0.15, 0.2) is 32.2 Å². The largest absolute Gasteiger partial charge is 0.323 e. The summed E-state index contributed by atoms with van der Waals surface area (Å²) in [6.07, 6.45) is 0.809. The molecule has 7 heteroatoms. The maximum Gasteiger partial charge on any atom is 0.263 e. The number of fused-ring (bicyclic) bond motifs is 1. The zero-order valence-electron chi connectivity index (χ0n) is 9.68. The lowest BCUT2D eigenvalue weighted by Gasteiger charge is -2.05. The average molecular weight is 373 g/mol. The summed E-state index contributed by atoms with van der Waals surface area (Å²) >= 11 is 11.9. The lowest BCUT2D eigenvalue weighted by Crippen LogP contribution is -2.22. The first-order valence-electron chi connectivity index (χ1n) is 5.59. The average Bonchev–Trinajstić information content (AvgIpc) is 2.98. The van der Waals surface area contributed by atoms with Gasteiger partial charge >= 0.3 is 0 Å². The smallest absolute Gasteiger partial charge is 0.263 e. The van der Waals surface area contributed by atoms with Crippen LogP contribution in [0.3, 0.4) is 0 Å². The molecule has 0 atom stereocenters. The van der Waals surface area contributed by atoms with Crippen molar-refractivity contribution >= 4 is 61.0 Å². The molecule has 3 aromatic heterocycles. The van der Waals surface area contributed by atoms with E-state index in [0.29, 0.717) is 16.7 Å². The molecule has 0 aromatic carbocycles. The van der Waals surface area contributed by atoms with Crippen molar-refractivity contribution in [3.8, 4) is 0 Å². The highest BCUT2D eigenvalue weighted by Gasteiger charge is 2.07. The quantitative estimate of drug-likeness (QED) is 0.700. The van der Waals surface area contributed by atoms with E-state index in [2.05, 4.69) is 27.0 Å². The highest BCUT2D eigenvalue weighted by atomic mass is 79.9. The Morgan fingerprint density at radius 1 is 1.37 bits per heavy atom. The van der Waals surface area contributed by atoms with Crippen molar-refractivity contribution in [2.45, 2.75) is 13.0 Å². The molecule has 0 aliphatic heterocycles. The van der Waals surface area contributed by atoms with Crippen molar-refractivity contribution in [3.63, 3.8) is 0 Å². The van der Waals surface area contributed by atoms with Crippen LogP contribution in [0.5, 0.6) is 0 Å². The lowest BCUT2D eigenvalue weighted by molar-refractivity contribution is 0.657. The number of H-pyrrole nitrogens is 1. The summed E-state index contributed by atoms with van der Waals surface area (Å²) in [6, 6.07) is 5.92. The van der Waals surface area contributed by atoms with Gasteiger partial charge in [0, 0.05) is 11.4 Å². The summed E-state index contributed by atoms with van der Waals surface area (Å²) in [5.41, 5.74) is -0.00405. The monoisotopic (exact) mass is 372 g/mol. The first kappa shape index (κ1) is 13.2. The second kappa shape index (κ2) is 5.32. The number of hydrogen-bond acceptors (Lipinski definition) is 4. The van der Waals surface area contributed by atoms with E-state index in [1.807, 2.05) is 17.5 Å². The molecule has 0 saturated heterocycles. The van der Waals surface area contributed by atoms with Gasteiger partial charge in [0.1, 0.15) is 4.83 Å². The molecule has 0 spiro atoms. The van der Waals surface area contributed by atoms with Crippen LogP contribution in [-0.2, 0) is 13.0 Å². The van der Waals surface area contributed by atoms with Gasteiger partial charge in [0.05, 0.1) is 9.17 Å². The van der Waals surface area contributed by atoms with Gasteiger partial charge in [-0.05, 0) is 58.1 Å². The fraction of sp³-hybridized carbons (Fsp3) is 0.167. The summed E-state index contributed by atoms with van der Waals surface area (Å²) in [4.78, 5) is 17.5. The zero-order valence-corrected chi connectivity index (χ0v) is 13.7. The van der Waals surface area contributed by atoms with Crippen LogP contribution in [-0.4, -0.2) is 9.55 Å². The molecule has 19 heavy (non-hydrogen) atoms. The predicted octanol–water partition coefficient (Wildman–Crippen LogP) is 4.19. The van der Waals surface area contributed by atoms with Gasteiger partial charge in [-0.3, -0.25) is 9.36 Å². The molecular formula is C12H9BrN2OS3. The standard InChI is InChI=1S/C12H9BrN2OS3/c13-9-2-1-7(19-9)3-5-15-11(16)8-4-6-18-10(8)14-12(15)17/h1-2,4,6H,3,5H2,(H,14,17). The Hall–Kier alpha value is -0.760. The van der Waals surface area contributed by atoms with E-state index in [9.17, 15) is 4.79 Å². The summed E-state index contributed by atoms with van der Waals surface area (Å²) in [7, 11) is 0. The predicted molar refractivity (Wildman–Crippen MR) is 87.0 cm³/mol. The molecule has 0 bridgehead atoms. The van der Waals surface area contributed by atoms with Crippen LogP contribution in [0, 0.1) is 4.77 Å². The molecule has 0 unspecified atom stereocenters. The van der Waals surface area contributed by atoms with E-state index in [1.54, 1.807) is 15.9 Å². The van der Waals surface area contributed by atoms with Gasteiger partial charge in [0.2, 0.25) is 0 Å². The Balaban J connectivity index is 1.96.